The summed E-state index contributed by atoms with van der Waals surface area (Å²) in [5, 5.41) is 0. The minimum Gasteiger partial charge on any atom is -0.381 e. The van der Waals surface area contributed by atoms with Gasteiger partial charge in [-0.2, -0.15) is 0 Å². The number of methoxy groups -OCH3 is 2. The van der Waals surface area contributed by atoms with E-state index in [4.69, 9.17) is 9.47 Å². The molecule has 0 aromatic rings. The lowest BCUT2D eigenvalue weighted by Crippen LogP contribution is -2.28. The predicted molar refractivity (Wildman–Crippen MR) is 70.1 cm³/mol. The van der Waals surface area contributed by atoms with Crippen LogP contribution in [0, 0.1) is 11.8 Å². The normalized spacial score (nSPS) is 36.7. The Bertz CT molecular complexity index is 197. The van der Waals surface area contributed by atoms with Gasteiger partial charge in [0.25, 0.3) is 0 Å². The van der Waals surface area contributed by atoms with Gasteiger partial charge < -0.3 is 9.47 Å². The van der Waals surface area contributed by atoms with Gasteiger partial charge in [0.15, 0.2) is 0 Å². The van der Waals surface area contributed by atoms with Crippen LogP contribution in [-0.4, -0.2) is 26.4 Å². The van der Waals surface area contributed by atoms with Gasteiger partial charge in [0, 0.05) is 14.2 Å². The highest BCUT2D eigenvalue weighted by Gasteiger charge is 2.31. The van der Waals surface area contributed by atoms with Crippen LogP contribution < -0.4 is 0 Å². The van der Waals surface area contributed by atoms with Gasteiger partial charge in [0.1, 0.15) is 0 Å². The molecule has 0 heterocycles. The van der Waals surface area contributed by atoms with Crippen molar-refractivity contribution >= 4 is 0 Å². The Morgan fingerprint density at radius 3 is 1.65 bits per heavy atom. The number of ether oxygens (including phenoxy) is 2. The van der Waals surface area contributed by atoms with Gasteiger partial charge in [0.05, 0.1) is 12.2 Å². The number of rotatable bonds is 3. The molecule has 0 aromatic carbocycles. The van der Waals surface area contributed by atoms with Gasteiger partial charge in [-0.15, -0.1) is 0 Å². The van der Waals surface area contributed by atoms with Gasteiger partial charge in [-0.05, 0) is 43.9 Å². The molecule has 2 fully saturated rings. The molecule has 0 radical (unpaired) electrons. The van der Waals surface area contributed by atoms with Crippen molar-refractivity contribution < 1.29 is 9.47 Å². The van der Waals surface area contributed by atoms with Crippen molar-refractivity contribution in [3.05, 3.63) is 0 Å². The molecule has 2 saturated carbocycles. The van der Waals surface area contributed by atoms with E-state index in [9.17, 15) is 0 Å². The molecule has 0 amide bonds. The lowest BCUT2D eigenvalue weighted by molar-refractivity contribution is 0.00826. The van der Waals surface area contributed by atoms with Crippen molar-refractivity contribution in [3.8, 4) is 0 Å². The molecule has 0 aromatic heterocycles. The van der Waals surface area contributed by atoms with Crippen LogP contribution in [0.1, 0.15) is 57.8 Å². The van der Waals surface area contributed by atoms with E-state index in [1.54, 1.807) is 0 Å². The quantitative estimate of drug-likeness (QED) is 0.747. The minimum atomic E-state index is 0.499. The van der Waals surface area contributed by atoms with E-state index >= 15 is 0 Å². The summed E-state index contributed by atoms with van der Waals surface area (Å²) in [5.41, 5.74) is 0. The summed E-state index contributed by atoms with van der Waals surface area (Å²) < 4.78 is 11.3. The molecule has 100 valence electrons. The Labute approximate surface area is 106 Å². The van der Waals surface area contributed by atoms with Crippen molar-refractivity contribution in [2.75, 3.05) is 14.2 Å². The first-order chi connectivity index (χ1) is 8.33. The highest BCUT2D eigenvalue weighted by atomic mass is 16.5. The standard InChI is InChI=1S/C15H28O2/c1-16-14-8-5-9-15(17-2)11-13(10-14)12-6-3-4-7-12/h12-15H,3-11H2,1-2H3. The monoisotopic (exact) mass is 240 g/mol. The van der Waals surface area contributed by atoms with Crippen LogP contribution >= 0.6 is 0 Å². The van der Waals surface area contributed by atoms with Crippen LogP contribution in [0.2, 0.25) is 0 Å². The van der Waals surface area contributed by atoms with Crippen LogP contribution in [0.4, 0.5) is 0 Å². The molecule has 2 aliphatic rings. The summed E-state index contributed by atoms with van der Waals surface area (Å²) in [4.78, 5) is 0. The lowest BCUT2D eigenvalue weighted by atomic mass is 9.79. The first-order valence-electron chi connectivity index (χ1n) is 7.39. The Morgan fingerprint density at radius 2 is 1.18 bits per heavy atom. The molecule has 0 saturated heterocycles. The van der Waals surface area contributed by atoms with Crippen molar-refractivity contribution in [3.63, 3.8) is 0 Å². The molecule has 2 rings (SSSR count). The third-order valence-corrected chi connectivity index (χ3v) is 4.92. The predicted octanol–water partition coefficient (Wildman–Crippen LogP) is 3.79. The molecule has 2 nitrogen and oxygen atoms in total. The molecule has 2 aliphatic carbocycles. The highest BCUT2D eigenvalue weighted by Crippen LogP contribution is 2.39. The average molecular weight is 240 g/mol. The molecule has 0 spiro atoms. The maximum absolute atomic E-state index is 5.64. The van der Waals surface area contributed by atoms with Crippen LogP contribution in [-0.2, 0) is 9.47 Å². The van der Waals surface area contributed by atoms with E-state index in [2.05, 4.69) is 0 Å². The Morgan fingerprint density at radius 1 is 0.647 bits per heavy atom. The summed E-state index contributed by atoms with van der Waals surface area (Å²) >= 11 is 0. The van der Waals surface area contributed by atoms with Crippen molar-refractivity contribution in [2.24, 2.45) is 11.8 Å². The van der Waals surface area contributed by atoms with Crippen LogP contribution in [0.25, 0.3) is 0 Å². The largest absolute Gasteiger partial charge is 0.381 e. The Balaban J connectivity index is 1.96. The molecule has 0 aliphatic heterocycles. The Hall–Kier alpha value is -0.0800. The maximum Gasteiger partial charge on any atom is 0.0574 e. The van der Waals surface area contributed by atoms with E-state index in [1.807, 2.05) is 14.2 Å². The second-order valence-corrected chi connectivity index (χ2v) is 5.92. The van der Waals surface area contributed by atoms with Crippen molar-refractivity contribution in [2.45, 2.75) is 70.0 Å². The molecule has 2 atom stereocenters. The lowest BCUT2D eigenvalue weighted by Gasteiger charge is -2.33. The van der Waals surface area contributed by atoms with Crippen molar-refractivity contribution in [1.82, 2.24) is 0 Å². The molecular formula is C15H28O2. The second-order valence-electron chi connectivity index (χ2n) is 5.92. The molecule has 2 unspecified atom stereocenters. The summed E-state index contributed by atoms with van der Waals surface area (Å²) in [5.74, 6) is 1.79. The van der Waals surface area contributed by atoms with E-state index in [0.717, 1.165) is 11.8 Å². The van der Waals surface area contributed by atoms with Gasteiger partial charge >= 0.3 is 0 Å². The molecule has 0 bridgehead atoms. The van der Waals surface area contributed by atoms with E-state index < -0.39 is 0 Å². The SMILES string of the molecule is COC1CCCC(OC)CC(C2CCCC2)C1. The van der Waals surface area contributed by atoms with Crippen LogP contribution in [0.15, 0.2) is 0 Å². The van der Waals surface area contributed by atoms with Crippen LogP contribution in [0.3, 0.4) is 0 Å². The van der Waals surface area contributed by atoms with Gasteiger partial charge in [-0.3, -0.25) is 0 Å². The zero-order valence-electron chi connectivity index (χ0n) is 11.5. The third kappa shape index (κ3) is 3.69. The summed E-state index contributed by atoms with van der Waals surface area (Å²) in [6, 6.07) is 0. The zero-order chi connectivity index (χ0) is 12.1. The van der Waals surface area contributed by atoms with E-state index in [1.165, 1.54) is 57.8 Å². The Kier molecular flexibility index (Phi) is 5.30. The first-order valence-corrected chi connectivity index (χ1v) is 7.39. The highest BCUT2D eigenvalue weighted by molar-refractivity contribution is 4.82. The molecular weight excluding hydrogens is 212 g/mol. The number of hydrogen-bond acceptors (Lipinski definition) is 2. The van der Waals surface area contributed by atoms with Crippen molar-refractivity contribution in [1.29, 1.82) is 0 Å². The fourth-order valence-corrected chi connectivity index (χ4v) is 3.82. The first kappa shape index (κ1) is 13.4. The summed E-state index contributed by atoms with van der Waals surface area (Å²) in [7, 11) is 3.76. The summed E-state index contributed by atoms with van der Waals surface area (Å²) in [6.07, 6.45) is 13.0. The number of hydrogen-bond donors (Lipinski definition) is 0. The average Bonchev–Trinajstić information content (AvgIpc) is 2.83. The fourth-order valence-electron chi connectivity index (χ4n) is 3.82. The summed E-state index contributed by atoms with van der Waals surface area (Å²) in [6.45, 7) is 0. The van der Waals surface area contributed by atoms with Gasteiger partial charge in [-0.1, -0.05) is 25.7 Å². The molecule has 2 heteroatoms. The molecule has 0 N–H and O–H groups in total. The maximum atomic E-state index is 5.64. The van der Waals surface area contributed by atoms with Gasteiger partial charge in [0.2, 0.25) is 0 Å². The van der Waals surface area contributed by atoms with E-state index in [-0.39, 0.29) is 0 Å². The zero-order valence-corrected chi connectivity index (χ0v) is 11.5. The smallest absolute Gasteiger partial charge is 0.0574 e. The molecule has 17 heavy (non-hydrogen) atoms. The van der Waals surface area contributed by atoms with Gasteiger partial charge in [-0.25, -0.2) is 0 Å². The fraction of sp³-hybridized carbons (Fsp3) is 1.00. The van der Waals surface area contributed by atoms with Crippen LogP contribution in [0.5, 0.6) is 0 Å². The minimum absolute atomic E-state index is 0.499. The second kappa shape index (κ2) is 6.75. The third-order valence-electron chi connectivity index (χ3n) is 4.92. The topological polar surface area (TPSA) is 18.5 Å². The van der Waals surface area contributed by atoms with E-state index in [0.29, 0.717) is 12.2 Å².